The van der Waals surface area contributed by atoms with Gasteiger partial charge in [0.05, 0.1) is 38.6 Å². The average Bonchev–Trinajstić information content (AvgIpc) is 2.96. The molecule has 1 aliphatic rings. The molecular weight excluding hydrogens is 544 g/mol. The lowest BCUT2D eigenvalue weighted by molar-refractivity contribution is -0.203. The number of rotatable bonds is 15. The molecule has 0 radical (unpaired) electrons. The molecule has 0 saturated carbocycles. The van der Waals surface area contributed by atoms with E-state index in [1.165, 1.54) is 0 Å². The number of benzene rings is 2. The van der Waals surface area contributed by atoms with Crippen LogP contribution in [0, 0.1) is 0 Å². The normalized spacial score (nSPS) is 24.1. The van der Waals surface area contributed by atoms with Gasteiger partial charge in [-0.3, -0.25) is 0 Å². The van der Waals surface area contributed by atoms with E-state index in [-0.39, 0.29) is 12.7 Å². The van der Waals surface area contributed by atoms with E-state index in [1.54, 1.807) is 7.11 Å². The van der Waals surface area contributed by atoms with E-state index in [0.717, 1.165) is 16.9 Å². The van der Waals surface area contributed by atoms with Gasteiger partial charge in [0.1, 0.15) is 18.0 Å². The van der Waals surface area contributed by atoms with Crippen molar-refractivity contribution in [3.63, 3.8) is 0 Å². The third kappa shape index (κ3) is 9.01. The summed E-state index contributed by atoms with van der Waals surface area (Å²) in [5.74, 6) is 0.818. The molecule has 0 amide bonds. The molecule has 1 N–H and O–H groups in total. The van der Waals surface area contributed by atoms with Gasteiger partial charge in [0, 0.05) is 13.0 Å². The second-order valence-corrected chi connectivity index (χ2v) is 18.1. The number of hydrogen-bond donors (Lipinski definition) is 1. The summed E-state index contributed by atoms with van der Waals surface area (Å²) in [5.41, 5.74) is 2.93. The zero-order valence-corrected chi connectivity index (χ0v) is 28.0. The van der Waals surface area contributed by atoms with Crippen LogP contribution >= 0.6 is 0 Å². The summed E-state index contributed by atoms with van der Waals surface area (Å²) in [6.07, 6.45) is 3.55. The molecule has 0 spiro atoms. The molecule has 0 saturated heterocycles. The lowest BCUT2D eigenvalue weighted by Gasteiger charge is -2.45. The van der Waals surface area contributed by atoms with Crippen molar-refractivity contribution in [2.24, 2.45) is 0 Å². The lowest BCUT2D eigenvalue weighted by Crippen LogP contribution is -2.53. The molecule has 0 aromatic heterocycles. The highest BCUT2D eigenvalue weighted by molar-refractivity contribution is 6.77. The third-order valence-electron chi connectivity index (χ3n) is 8.83. The number of aliphatic hydroxyl groups is 1. The molecule has 0 fully saturated rings. The highest BCUT2D eigenvalue weighted by atomic mass is 28.4. The van der Waals surface area contributed by atoms with Crippen molar-refractivity contribution in [2.45, 2.75) is 115 Å². The van der Waals surface area contributed by atoms with Crippen molar-refractivity contribution >= 4 is 8.32 Å². The molecule has 0 aliphatic carbocycles. The van der Waals surface area contributed by atoms with E-state index < -0.39 is 26.1 Å². The number of aliphatic hydroxyl groups excluding tert-OH is 1. The standard InChI is InChI=1S/C35H54O6Si/c1-26(2)42(27(3)4,28(5)6)40-22-21-35(7)34(39-24-30-17-19-31(37-8)20-18-30)16-12-15-32(36)33(41-35)25-38-23-29-13-10-9-11-14-29/h9-15,17-20,26-28,32-34,36H,16,21-25H2,1-8H3/b15-12-/t32?,33-,34-,35+/m1/s1. The highest BCUT2D eigenvalue weighted by Gasteiger charge is 2.46. The van der Waals surface area contributed by atoms with E-state index in [4.69, 9.17) is 23.4 Å². The van der Waals surface area contributed by atoms with Gasteiger partial charge in [0.25, 0.3) is 0 Å². The van der Waals surface area contributed by atoms with Gasteiger partial charge in [-0.2, -0.15) is 0 Å². The quantitative estimate of drug-likeness (QED) is 0.166. The molecular formula is C35H54O6Si. The Morgan fingerprint density at radius 2 is 1.52 bits per heavy atom. The first-order valence-electron chi connectivity index (χ1n) is 15.5. The van der Waals surface area contributed by atoms with Crippen molar-refractivity contribution < 1.29 is 28.5 Å². The molecule has 2 aromatic rings. The summed E-state index contributed by atoms with van der Waals surface area (Å²) >= 11 is 0. The highest BCUT2D eigenvalue weighted by Crippen LogP contribution is 2.43. The van der Waals surface area contributed by atoms with Crippen molar-refractivity contribution in [2.75, 3.05) is 20.3 Å². The maximum Gasteiger partial charge on any atom is 0.200 e. The summed E-state index contributed by atoms with van der Waals surface area (Å²) in [7, 11) is -0.387. The van der Waals surface area contributed by atoms with Crippen molar-refractivity contribution in [1.82, 2.24) is 0 Å². The maximum atomic E-state index is 11.1. The molecule has 2 aromatic carbocycles. The lowest BCUT2D eigenvalue weighted by atomic mass is 9.90. The fraction of sp³-hybridized carbons (Fsp3) is 0.600. The molecule has 3 rings (SSSR count). The van der Waals surface area contributed by atoms with Crippen LogP contribution in [0.15, 0.2) is 66.7 Å². The molecule has 4 atom stereocenters. The largest absolute Gasteiger partial charge is 0.497 e. The summed E-state index contributed by atoms with van der Waals surface area (Å²) in [6.45, 7) is 17.7. The van der Waals surface area contributed by atoms with Crippen LogP contribution in [0.3, 0.4) is 0 Å². The zero-order chi connectivity index (χ0) is 30.8. The topological polar surface area (TPSA) is 66.4 Å². The zero-order valence-electron chi connectivity index (χ0n) is 27.0. The van der Waals surface area contributed by atoms with Gasteiger partial charge >= 0.3 is 0 Å². The molecule has 1 heterocycles. The monoisotopic (exact) mass is 598 g/mol. The first-order chi connectivity index (χ1) is 20.0. The van der Waals surface area contributed by atoms with Gasteiger partial charge in [-0.25, -0.2) is 0 Å². The summed E-state index contributed by atoms with van der Waals surface area (Å²) < 4.78 is 31.8. The van der Waals surface area contributed by atoms with Crippen molar-refractivity contribution in [1.29, 1.82) is 0 Å². The smallest absolute Gasteiger partial charge is 0.200 e. The average molecular weight is 599 g/mol. The fourth-order valence-electron chi connectivity index (χ4n) is 6.52. The van der Waals surface area contributed by atoms with E-state index in [2.05, 4.69) is 48.5 Å². The third-order valence-corrected chi connectivity index (χ3v) is 14.9. The van der Waals surface area contributed by atoms with Crippen LogP contribution in [0.25, 0.3) is 0 Å². The maximum absolute atomic E-state index is 11.1. The molecule has 7 heteroatoms. The number of methoxy groups -OCH3 is 1. The van der Waals surface area contributed by atoms with Gasteiger partial charge in [-0.05, 0) is 53.2 Å². The van der Waals surface area contributed by atoms with Crippen LogP contribution < -0.4 is 4.74 Å². The summed E-state index contributed by atoms with van der Waals surface area (Å²) in [5, 5.41) is 11.1. The minimum Gasteiger partial charge on any atom is -0.497 e. The Kier molecular flexibility index (Phi) is 13.3. The van der Waals surface area contributed by atoms with Crippen LogP contribution in [0.4, 0.5) is 0 Å². The van der Waals surface area contributed by atoms with Gasteiger partial charge in [0.2, 0.25) is 0 Å². The van der Waals surface area contributed by atoms with E-state index >= 15 is 0 Å². The molecule has 234 valence electrons. The van der Waals surface area contributed by atoms with Gasteiger partial charge < -0.3 is 28.5 Å². The molecule has 6 nitrogen and oxygen atoms in total. The Balaban J connectivity index is 1.81. The van der Waals surface area contributed by atoms with Gasteiger partial charge in [0.15, 0.2) is 8.32 Å². The van der Waals surface area contributed by atoms with Crippen LogP contribution in [-0.4, -0.2) is 57.7 Å². The molecule has 0 bridgehead atoms. The SMILES string of the molecule is COc1ccc(CO[C@@H]2C/C=C\C(O)[C@@H](COCc3ccccc3)O[C@@]2(C)CCO[Si](C(C)C)(C(C)C)C(C)C)cc1. The van der Waals surface area contributed by atoms with Crippen LogP contribution in [0.5, 0.6) is 5.75 Å². The second-order valence-electron chi connectivity index (χ2n) is 12.7. The van der Waals surface area contributed by atoms with Crippen LogP contribution in [-0.2, 0) is 31.9 Å². The number of ether oxygens (including phenoxy) is 4. The summed E-state index contributed by atoms with van der Waals surface area (Å²) in [4.78, 5) is 0. The van der Waals surface area contributed by atoms with Crippen LogP contribution in [0.2, 0.25) is 16.6 Å². The van der Waals surface area contributed by atoms with Gasteiger partial charge in [-0.15, -0.1) is 0 Å². The van der Waals surface area contributed by atoms with Crippen molar-refractivity contribution in [3.8, 4) is 5.75 Å². The Morgan fingerprint density at radius 3 is 2.12 bits per heavy atom. The second kappa shape index (κ2) is 16.2. The first-order valence-corrected chi connectivity index (χ1v) is 17.7. The predicted octanol–water partition coefficient (Wildman–Crippen LogP) is 7.84. The Bertz CT molecular complexity index is 1050. The minimum atomic E-state index is -2.06. The first kappa shape index (κ1) is 34.5. The van der Waals surface area contributed by atoms with E-state index in [0.29, 0.717) is 49.3 Å². The molecule has 42 heavy (non-hydrogen) atoms. The Labute approximate surface area is 255 Å². The minimum absolute atomic E-state index is 0.239. The van der Waals surface area contributed by atoms with Crippen molar-refractivity contribution in [3.05, 3.63) is 77.9 Å². The van der Waals surface area contributed by atoms with Crippen LogP contribution in [0.1, 0.15) is 72.4 Å². The summed E-state index contributed by atoms with van der Waals surface area (Å²) in [6, 6.07) is 18.0. The Hall–Kier alpha value is -2.00. The molecule has 1 unspecified atom stereocenters. The Morgan fingerprint density at radius 1 is 0.905 bits per heavy atom. The predicted molar refractivity (Wildman–Crippen MR) is 172 cm³/mol. The number of hydrogen-bond acceptors (Lipinski definition) is 6. The van der Waals surface area contributed by atoms with E-state index in [1.807, 2.05) is 66.7 Å². The fourth-order valence-corrected chi connectivity index (χ4v) is 12.0. The molecule has 1 aliphatic heterocycles. The van der Waals surface area contributed by atoms with E-state index in [9.17, 15) is 5.11 Å². The van der Waals surface area contributed by atoms with Gasteiger partial charge in [-0.1, -0.05) is 96.2 Å².